The van der Waals surface area contributed by atoms with Gasteiger partial charge in [0, 0.05) is 11.5 Å². The van der Waals surface area contributed by atoms with E-state index in [9.17, 15) is 9.18 Å². The van der Waals surface area contributed by atoms with Crippen LogP contribution in [0.2, 0.25) is 0 Å². The topological polar surface area (TPSA) is 50.4 Å². The second kappa shape index (κ2) is 4.57. The molecule has 17 heavy (non-hydrogen) atoms. The molecule has 1 heterocycles. The number of carboxylic acids is 1. The fourth-order valence-corrected chi connectivity index (χ4v) is 1.96. The Hall–Kier alpha value is -1.84. The van der Waals surface area contributed by atoms with Crippen LogP contribution in [0.4, 0.5) is 4.39 Å². The zero-order valence-electron chi connectivity index (χ0n) is 9.44. The lowest BCUT2D eigenvalue weighted by atomic mass is 9.91. The van der Waals surface area contributed by atoms with Gasteiger partial charge in [-0.15, -0.1) is 0 Å². The van der Waals surface area contributed by atoms with Gasteiger partial charge in [0.2, 0.25) is 5.76 Å². The van der Waals surface area contributed by atoms with E-state index in [4.69, 9.17) is 9.52 Å². The molecular weight excluding hydrogens is 223 g/mol. The molecule has 1 aromatic heterocycles. The van der Waals surface area contributed by atoms with Gasteiger partial charge in [0.15, 0.2) is 0 Å². The summed E-state index contributed by atoms with van der Waals surface area (Å²) in [7, 11) is 0. The van der Waals surface area contributed by atoms with Crippen LogP contribution in [-0.4, -0.2) is 11.1 Å². The van der Waals surface area contributed by atoms with E-state index in [0.29, 0.717) is 18.4 Å². The molecule has 1 aliphatic carbocycles. The van der Waals surface area contributed by atoms with Crippen LogP contribution in [0.25, 0.3) is 0 Å². The van der Waals surface area contributed by atoms with Crippen LogP contribution in [0.5, 0.6) is 0 Å². The predicted molar refractivity (Wildman–Crippen MR) is 60.4 cm³/mol. The minimum Gasteiger partial charge on any atom is -0.475 e. The van der Waals surface area contributed by atoms with E-state index in [2.05, 4.69) is 0 Å². The minimum atomic E-state index is -1.07. The van der Waals surface area contributed by atoms with Crippen molar-refractivity contribution in [2.45, 2.75) is 19.8 Å². The minimum absolute atomic E-state index is 0.0337. The summed E-state index contributed by atoms with van der Waals surface area (Å²) in [6.45, 7) is 1.81. The zero-order chi connectivity index (χ0) is 12.4. The third-order valence-electron chi connectivity index (χ3n) is 2.88. The number of allylic oxidation sites excluding steroid dienone is 4. The molecule has 1 unspecified atom stereocenters. The number of aromatic carboxylic acids is 1. The molecule has 0 spiro atoms. The van der Waals surface area contributed by atoms with Crippen molar-refractivity contribution in [3.8, 4) is 0 Å². The molecule has 0 aromatic carbocycles. The lowest BCUT2D eigenvalue weighted by molar-refractivity contribution is 0.0661. The summed E-state index contributed by atoms with van der Waals surface area (Å²) in [5.41, 5.74) is 1.65. The van der Waals surface area contributed by atoms with Gasteiger partial charge in [0.05, 0.1) is 6.26 Å². The van der Waals surface area contributed by atoms with Gasteiger partial charge in [-0.25, -0.2) is 9.18 Å². The second-order valence-electron chi connectivity index (χ2n) is 4.24. The summed E-state index contributed by atoms with van der Waals surface area (Å²) in [6, 6.07) is 1.64. The Morgan fingerprint density at radius 2 is 2.35 bits per heavy atom. The second-order valence-corrected chi connectivity index (χ2v) is 4.24. The van der Waals surface area contributed by atoms with Gasteiger partial charge >= 0.3 is 5.97 Å². The molecule has 0 radical (unpaired) electrons. The zero-order valence-corrected chi connectivity index (χ0v) is 9.44. The molecule has 0 saturated heterocycles. The first kappa shape index (κ1) is 11.6. The highest BCUT2D eigenvalue weighted by atomic mass is 19.1. The number of rotatable bonds is 3. The van der Waals surface area contributed by atoms with Crippen molar-refractivity contribution < 1.29 is 18.7 Å². The lowest BCUT2D eigenvalue weighted by Gasteiger charge is -2.16. The van der Waals surface area contributed by atoms with Crippen molar-refractivity contribution >= 4 is 5.97 Å². The normalized spacial score (nSPS) is 19.8. The molecule has 4 heteroatoms. The van der Waals surface area contributed by atoms with Gasteiger partial charge in [0.1, 0.15) is 5.83 Å². The van der Waals surface area contributed by atoms with Crippen molar-refractivity contribution in [3.63, 3.8) is 0 Å². The van der Waals surface area contributed by atoms with Crippen LogP contribution in [0.1, 0.15) is 29.5 Å². The van der Waals surface area contributed by atoms with Crippen LogP contribution in [0, 0.1) is 5.92 Å². The number of carboxylic acid groups (broad SMARTS) is 1. The Bertz CT molecular complexity index is 497. The van der Waals surface area contributed by atoms with E-state index in [-0.39, 0.29) is 17.5 Å². The molecule has 1 aromatic rings. The highest BCUT2D eigenvalue weighted by Gasteiger charge is 2.19. The van der Waals surface area contributed by atoms with E-state index in [1.54, 1.807) is 12.1 Å². The van der Waals surface area contributed by atoms with Crippen LogP contribution in [0.15, 0.2) is 40.3 Å². The third-order valence-corrected chi connectivity index (χ3v) is 2.88. The van der Waals surface area contributed by atoms with Crippen LogP contribution in [0.3, 0.4) is 0 Å². The Labute approximate surface area is 98.2 Å². The van der Waals surface area contributed by atoms with Crippen molar-refractivity contribution in [1.29, 1.82) is 0 Å². The van der Waals surface area contributed by atoms with Gasteiger partial charge < -0.3 is 9.52 Å². The SMILES string of the molecule is CC1CC(Cc2ccoc2C(=O)O)=CC=C1F. The number of hydrogen-bond donors (Lipinski definition) is 1. The molecule has 0 saturated carbocycles. The molecule has 90 valence electrons. The van der Waals surface area contributed by atoms with E-state index >= 15 is 0 Å². The maximum atomic E-state index is 13.1. The average molecular weight is 236 g/mol. The van der Waals surface area contributed by atoms with Gasteiger partial charge in [-0.3, -0.25) is 0 Å². The Morgan fingerprint density at radius 3 is 3.00 bits per heavy atom. The first-order chi connectivity index (χ1) is 8.08. The lowest BCUT2D eigenvalue weighted by Crippen LogP contribution is -2.06. The first-order valence-corrected chi connectivity index (χ1v) is 5.42. The Balaban J connectivity index is 2.17. The van der Waals surface area contributed by atoms with E-state index < -0.39 is 5.97 Å². The molecule has 3 nitrogen and oxygen atoms in total. The van der Waals surface area contributed by atoms with Gasteiger partial charge in [-0.2, -0.15) is 0 Å². The molecule has 2 rings (SSSR count). The molecule has 1 aliphatic rings. The quantitative estimate of drug-likeness (QED) is 0.875. The maximum Gasteiger partial charge on any atom is 0.372 e. The van der Waals surface area contributed by atoms with E-state index in [1.807, 2.05) is 6.92 Å². The van der Waals surface area contributed by atoms with Crippen molar-refractivity contribution in [1.82, 2.24) is 0 Å². The number of halogens is 1. The summed E-state index contributed by atoms with van der Waals surface area (Å²) >= 11 is 0. The molecule has 0 fully saturated rings. The summed E-state index contributed by atoms with van der Waals surface area (Å²) in [5.74, 6) is -1.36. The molecule has 0 aliphatic heterocycles. The molecule has 1 N–H and O–H groups in total. The summed E-state index contributed by atoms with van der Waals surface area (Å²) < 4.78 is 18.0. The van der Waals surface area contributed by atoms with Crippen molar-refractivity contribution in [2.24, 2.45) is 5.92 Å². The molecular formula is C13H13FO3. The van der Waals surface area contributed by atoms with E-state index in [0.717, 1.165) is 5.57 Å². The highest BCUT2D eigenvalue weighted by molar-refractivity contribution is 5.86. The summed E-state index contributed by atoms with van der Waals surface area (Å²) in [6.07, 6.45) is 5.64. The molecule has 1 atom stereocenters. The highest BCUT2D eigenvalue weighted by Crippen LogP contribution is 2.28. The summed E-state index contributed by atoms with van der Waals surface area (Å²) in [5, 5.41) is 8.89. The fourth-order valence-electron chi connectivity index (χ4n) is 1.96. The first-order valence-electron chi connectivity index (χ1n) is 5.42. The smallest absolute Gasteiger partial charge is 0.372 e. The van der Waals surface area contributed by atoms with Crippen molar-refractivity contribution in [3.05, 3.63) is 47.2 Å². The van der Waals surface area contributed by atoms with Gasteiger partial charge in [-0.1, -0.05) is 18.6 Å². The fraction of sp³-hybridized carbons (Fsp3) is 0.308. The largest absolute Gasteiger partial charge is 0.475 e. The standard InChI is InChI=1S/C13H13FO3/c1-8-6-9(2-3-11(8)14)7-10-4-5-17-12(10)13(15)16/h2-5,8H,6-7H2,1H3,(H,15,16). The monoisotopic (exact) mass is 236 g/mol. The van der Waals surface area contributed by atoms with E-state index in [1.165, 1.54) is 12.3 Å². The predicted octanol–water partition coefficient (Wildman–Crippen LogP) is 3.34. The van der Waals surface area contributed by atoms with Crippen LogP contribution < -0.4 is 0 Å². The van der Waals surface area contributed by atoms with Gasteiger partial charge in [-0.05, 0) is 25.0 Å². The number of furan rings is 1. The summed E-state index contributed by atoms with van der Waals surface area (Å²) in [4.78, 5) is 10.9. The Morgan fingerprint density at radius 1 is 1.59 bits per heavy atom. The maximum absolute atomic E-state index is 13.1. The molecule has 0 bridgehead atoms. The third kappa shape index (κ3) is 2.46. The van der Waals surface area contributed by atoms with Crippen LogP contribution >= 0.6 is 0 Å². The molecule has 0 amide bonds. The van der Waals surface area contributed by atoms with Gasteiger partial charge in [0.25, 0.3) is 0 Å². The van der Waals surface area contributed by atoms with Crippen molar-refractivity contribution in [2.75, 3.05) is 0 Å². The number of hydrogen-bond acceptors (Lipinski definition) is 2. The number of carbonyl (C=O) groups is 1. The Kier molecular flexibility index (Phi) is 3.13. The average Bonchev–Trinajstić information content (AvgIpc) is 2.72. The van der Waals surface area contributed by atoms with Crippen LogP contribution in [-0.2, 0) is 6.42 Å².